The summed E-state index contributed by atoms with van der Waals surface area (Å²) in [5, 5.41) is 0. The minimum Gasteiger partial charge on any atom is -0.468 e. The summed E-state index contributed by atoms with van der Waals surface area (Å²) >= 11 is 0. The number of methoxy groups -OCH3 is 1. The minimum atomic E-state index is -0.504. The third-order valence-corrected chi connectivity index (χ3v) is 2.50. The molecule has 0 aromatic heterocycles. The molecule has 0 saturated heterocycles. The van der Waals surface area contributed by atoms with Crippen LogP contribution in [0.25, 0.3) is 0 Å². The molecule has 0 bridgehead atoms. The third kappa shape index (κ3) is 5.42. The molecule has 5 nitrogen and oxygen atoms in total. The highest BCUT2D eigenvalue weighted by atomic mass is 16.6. The predicted molar refractivity (Wildman–Crippen MR) is 70.5 cm³/mol. The molecule has 0 saturated carbocycles. The van der Waals surface area contributed by atoms with Gasteiger partial charge in [0.1, 0.15) is 13.2 Å². The summed E-state index contributed by atoms with van der Waals surface area (Å²) in [6.07, 6.45) is 0.244. The number of hydrogen-bond donors (Lipinski definition) is 0. The summed E-state index contributed by atoms with van der Waals surface area (Å²) in [6, 6.07) is 9.39. The lowest BCUT2D eigenvalue weighted by molar-refractivity contribution is -0.141. The van der Waals surface area contributed by atoms with E-state index < -0.39 is 12.1 Å². The molecule has 1 amide bonds. The standard InChI is InChI=1S/C14H19NO4/c1-3-9-15(10-13(16)18-2)14(17)19-11-12-7-5-4-6-8-12/h4-8H,3,9-11H2,1-2H3. The topological polar surface area (TPSA) is 55.8 Å². The molecule has 0 radical (unpaired) electrons. The van der Waals surface area contributed by atoms with Gasteiger partial charge in [0.15, 0.2) is 0 Å². The van der Waals surface area contributed by atoms with Gasteiger partial charge in [-0.25, -0.2) is 4.79 Å². The molecule has 1 aromatic carbocycles. The number of carbonyl (C=O) groups is 2. The van der Waals surface area contributed by atoms with Crippen molar-refractivity contribution in [3.05, 3.63) is 35.9 Å². The average Bonchev–Trinajstić information content (AvgIpc) is 2.45. The van der Waals surface area contributed by atoms with Gasteiger partial charge < -0.3 is 9.47 Å². The maximum Gasteiger partial charge on any atom is 0.410 e. The van der Waals surface area contributed by atoms with Crippen molar-refractivity contribution in [2.75, 3.05) is 20.2 Å². The van der Waals surface area contributed by atoms with E-state index in [1.54, 1.807) is 0 Å². The quantitative estimate of drug-likeness (QED) is 0.740. The Kier molecular flexibility index (Phi) is 6.43. The van der Waals surface area contributed by atoms with Gasteiger partial charge in [0.25, 0.3) is 0 Å². The minimum absolute atomic E-state index is 0.0854. The monoisotopic (exact) mass is 265 g/mol. The van der Waals surface area contributed by atoms with Crippen molar-refractivity contribution < 1.29 is 19.1 Å². The van der Waals surface area contributed by atoms with Crippen LogP contribution in [0.5, 0.6) is 0 Å². The van der Waals surface area contributed by atoms with Gasteiger partial charge in [-0.2, -0.15) is 0 Å². The highest BCUT2D eigenvalue weighted by molar-refractivity contribution is 5.77. The predicted octanol–water partition coefficient (Wildman–Crippen LogP) is 2.21. The van der Waals surface area contributed by atoms with Gasteiger partial charge in [0, 0.05) is 6.54 Å². The molecule has 1 aromatic rings. The highest BCUT2D eigenvalue weighted by Gasteiger charge is 2.17. The van der Waals surface area contributed by atoms with E-state index in [4.69, 9.17) is 4.74 Å². The van der Waals surface area contributed by atoms with Crippen LogP contribution in [0.3, 0.4) is 0 Å². The first-order valence-corrected chi connectivity index (χ1v) is 6.19. The molecule has 104 valence electrons. The summed E-state index contributed by atoms with van der Waals surface area (Å²) in [4.78, 5) is 24.4. The van der Waals surface area contributed by atoms with Crippen molar-refractivity contribution in [2.24, 2.45) is 0 Å². The largest absolute Gasteiger partial charge is 0.468 e. The Morgan fingerprint density at radius 3 is 2.47 bits per heavy atom. The SMILES string of the molecule is CCCN(CC(=O)OC)C(=O)OCc1ccccc1. The van der Waals surface area contributed by atoms with Crippen LogP contribution in [0, 0.1) is 0 Å². The summed E-state index contributed by atoms with van der Waals surface area (Å²) < 4.78 is 9.72. The van der Waals surface area contributed by atoms with Crippen molar-refractivity contribution in [3.63, 3.8) is 0 Å². The van der Waals surface area contributed by atoms with Crippen LogP contribution >= 0.6 is 0 Å². The van der Waals surface area contributed by atoms with E-state index in [2.05, 4.69) is 4.74 Å². The van der Waals surface area contributed by atoms with Gasteiger partial charge >= 0.3 is 12.1 Å². The first kappa shape index (κ1) is 15.0. The van der Waals surface area contributed by atoms with Crippen molar-refractivity contribution in [1.29, 1.82) is 0 Å². The number of nitrogens with zero attached hydrogens (tertiary/aromatic N) is 1. The Morgan fingerprint density at radius 2 is 1.89 bits per heavy atom. The first-order chi connectivity index (χ1) is 9.17. The zero-order chi connectivity index (χ0) is 14.1. The molecule has 0 aliphatic heterocycles. The number of amides is 1. The highest BCUT2D eigenvalue weighted by Crippen LogP contribution is 2.04. The molecule has 0 atom stereocenters. The van der Waals surface area contributed by atoms with Crippen molar-refractivity contribution in [2.45, 2.75) is 20.0 Å². The number of ether oxygens (including phenoxy) is 2. The van der Waals surface area contributed by atoms with E-state index in [0.29, 0.717) is 6.54 Å². The van der Waals surface area contributed by atoms with Crippen LogP contribution in [0.15, 0.2) is 30.3 Å². The number of esters is 1. The van der Waals surface area contributed by atoms with E-state index in [-0.39, 0.29) is 13.2 Å². The lowest BCUT2D eigenvalue weighted by Gasteiger charge is -2.20. The number of rotatable bonds is 6. The van der Waals surface area contributed by atoms with E-state index in [9.17, 15) is 9.59 Å². The number of hydrogen-bond acceptors (Lipinski definition) is 4. The molecule has 0 unspecified atom stereocenters. The normalized spacial score (nSPS) is 9.79. The van der Waals surface area contributed by atoms with Gasteiger partial charge in [-0.15, -0.1) is 0 Å². The molecule has 0 N–H and O–H groups in total. The van der Waals surface area contributed by atoms with Gasteiger partial charge in [0.05, 0.1) is 7.11 Å². The van der Waals surface area contributed by atoms with Crippen LogP contribution < -0.4 is 0 Å². The zero-order valence-corrected chi connectivity index (χ0v) is 11.3. The average molecular weight is 265 g/mol. The third-order valence-electron chi connectivity index (χ3n) is 2.50. The first-order valence-electron chi connectivity index (χ1n) is 6.19. The number of benzene rings is 1. The van der Waals surface area contributed by atoms with Crippen molar-refractivity contribution >= 4 is 12.1 Å². The van der Waals surface area contributed by atoms with Crippen LogP contribution in [0.4, 0.5) is 4.79 Å². The summed E-state index contributed by atoms with van der Waals surface area (Å²) in [5.74, 6) is -0.454. The molecule has 0 spiro atoms. The molecular weight excluding hydrogens is 246 g/mol. The Balaban J connectivity index is 2.50. The molecule has 0 heterocycles. The Morgan fingerprint density at radius 1 is 1.21 bits per heavy atom. The Labute approximate surface area is 113 Å². The fraction of sp³-hybridized carbons (Fsp3) is 0.429. The van der Waals surface area contributed by atoms with Gasteiger partial charge in [-0.1, -0.05) is 37.3 Å². The van der Waals surface area contributed by atoms with Gasteiger partial charge in [-0.3, -0.25) is 9.69 Å². The van der Waals surface area contributed by atoms with Crippen molar-refractivity contribution in [3.8, 4) is 0 Å². The van der Waals surface area contributed by atoms with Crippen LogP contribution in [0.2, 0.25) is 0 Å². The zero-order valence-electron chi connectivity index (χ0n) is 11.3. The van der Waals surface area contributed by atoms with Gasteiger partial charge in [-0.05, 0) is 12.0 Å². The van der Waals surface area contributed by atoms with Crippen LogP contribution in [-0.2, 0) is 20.9 Å². The number of carbonyl (C=O) groups excluding carboxylic acids is 2. The van der Waals surface area contributed by atoms with Crippen molar-refractivity contribution in [1.82, 2.24) is 4.90 Å². The molecule has 1 rings (SSSR count). The van der Waals surface area contributed by atoms with E-state index >= 15 is 0 Å². The molecule has 0 aliphatic rings. The molecular formula is C14H19NO4. The molecule has 19 heavy (non-hydrogen) atoms. The Hall–Kier alpha value is -2.04. The lowest BCUT2D eigenvalue weighted by Crippen LogP contribution is -2.37. The van der Waals surface area contributed by atoms with Crippen LogP contribution in [-0.4, -0.2) is 37.2 Å². The van der Waals surface area contributed by atoms with E-state index in [0.717, 1.165) is 12.0 Å². The summed E-state index contributed by atoms with van der Waals surface area (Å²) in [7, 11) is 1.29. The fourth-order valence-corrected chi connectivity index (χ4v) is 1.54. The molecule has 0 aliphatic carbocycles. The van der Waals surface area contributed by atoms with Gasteiger partial charge in [0.2, 0.25) is 0 Å². The van der Waals surface area contributed by atoms with Crippen LogP contribution in [0.1, 0.15) is 18.9 Å². The summed E-state index contributed by atoms with van der Waals surface area (Å²) in [5.41, 5.74) is 0.908. The second-order valence-corrected chi connectivity index (χ2v) is 4.04. The fourth-order valence-electron chi connectivity index (χ4n) is 1.54. The smallest absolute Gasteiger partial charge is 0.410 e. The maximum atomic E-state index is 11.9. The maximum absolute atomic E-state index is 11.9. The second kappa shape index (κ2) is 8.13. The Bertz CT molecular complexity index is 405. The van der Waals surface area contributed by atoms with E-state index in [1.165, 1.54) is 12.0 Å². The van der Waals surface area contributed by atoms with E-state index in [1.807, 2.05) is 37.3 Å². The molecule has 5 heteroatoms. The summed E-state index contributed by atoms with van der Waals surface area (Å²) in [6.45, 7) is 2.50. The second-order valence-electron chi connectivity index (χ2n) is 4.04. The molecule has 0 fully saturated rings. The lowest BCUT2D eigenvalue weighted by atomic mass is 10.2.